The van der Waals surface area contributed by atoms with Crippen LogP contribution in [0.25, 0.3) is 0 Å². The van der Waals surface area contributed by atoms with Gasteiger partial charge in [-0.3, -0.25) is 9.59 Å². The lowest BCUT2D eigenvalue weighted by Crippen LogP contribution is -2.44. The Labute approximate surface area is 181 Å². The summed E-state index contributed by atoms with van der Waals surface area (Å²) in [5, 5.41) is 6.21. The van der Waals surface area contributed by atoms with Gasteiger partial charge in [-0.2, -0.15) is 0 Å². The van der Waals surface area contributed by atoms with Gasteiger partial charge in [0, 0.05) is 35.5 Å². The SMILES string of the molecule is CC1=C(C(=O)Nc2ncccc2C)C(c2ccc(F)cc2)C2C(=O)CC(C)(C)C=C2N1. The molecule has 1 amide bonds. The Morgan fingerprint density at radius 3 is 2.55 bits per heavy atom. The maximum absolute atomic E-state index is 13.6. The van der Waals surface area contributed by atoms with Crippen LogP contribution in [0.2, 0.25) is 0 Å². The zero-order chi connectivity index (χ0) is 22.3. The van der Waals surface area contributed by atoms with Crippen molar-refractivity contribution < 1.29 is 14.0 Å². The van der Waals surface area contributed by atoms with Crippen LogP contribution in [0, 0.1) is 24.1 Å². The van der Waals surface area contributed by atoms with Crippen LogP contribution < -0.4 is 10.6 Å². The molecule has 1 aromatic carbocycles. The second kappa shape index (κ2) is 7.76. The van der Waals surface area contributed by atoms with E-state index < -0.39 is 11.8 Å². The van der Waals surface area contributed by atoms with Crippen LogP contribution in [0.15, 0.2) is 65.6 Å². The number of aryl methyl sites for hydroxylation is 1. The van der Waals surface area contributed by atoms with E-state index in [1.54, 1.807) is 24.4 Å². The van der Waals surface area contributed by atoms with Crippen molar-refractivity contribution in [2.45, 2.75) is 40.0 Å². The zero-order valence-corrected chi connectivity index (χ0v) is 18.1. The molecule has 31 heavy (non-hydrogen) atoms. The second-order valence-electron chi connectivity index (χ2n) is 9.02. The molecule has 2 heterocycles. The molecule has 1 aliphatic carbocycles. The Morgan fingerprint density at radius 1 is 1.16 bits per heavy atom. The van der Waals surface area contributed by atoms with E-state index in [2.05, 4.69) is 21.7 Å². The molecule has 0 fully saturated rings. The first kappa shape index (κ1) is 21.0. The summed E-state index contributed by atoms with van der Waals surface area (Å²) in [7, 11) is 0. The number of hydrogen-bond acceptors (Lipinski definition) is 4. The fourth-order valence-electron chi connectivity index (χ4n) is 4.59. The van der Waals surface area contributed by atoms with Gasteiger partial charge in [0.2, 0.25) is 0 Å². The van der Waals surface area contributed by atoms with Gasteiger partial charge in [-0.15, -0.1) is 0 Å². The average Bonchev–Trinajstić information content (AvgIpc) is 2.68. The number of Topliss-reactive ketones (excluding diaryl/α,β-unsaturated/α-hetero) is 1. The Bertz CT molecular complexity index is 1120. The highest BCUT2D eigenvalue weighted by atomic mass is 19.1. The van der Waals surface area contributed by atoms with E-state index in [1.165, 1.54) is 12.1 Å². The number of rotatable bonds is 3. The van der Waals surface area contributed by atoms with Gasteiger partial charge < -0.3 is 10.6 Å². The number of fused-ring (bicyclic) bond motifs is 1. The molecule has 2 unspecified atom stereocenters. The summed E-state index contributed by atoms with van der Waals surface area (Å²) in [4.78, 5) is 31.0. The van der Waals surface area contributed by atoms with Crippen molar-refractivity contribution in [1.82, 2.24) is 10.3 Å². The maximum Gasteiger partial charge on any atom is 0.255 e. The molecule has 5 nitrogen and oxygen atoms in total. The predicted molar refractivity (Wildman–Crippen MR) is 118 cm³/mol. The number of anilines is 1. The molecule has 0 bridgehead atoms. The largest absolute Gasteiger partial charge is 0.362 e. The summed E-state index contributed by atoms with van der Waals surface area (Å²) < 4.78 is 13.6. The molecular formula is C25H26FN3O2. The quantitative estimate of drug-likeness (QED) is 0.761. The van der Waals surface area contributed by atoms with Crippen molar-refractivity contribution in [1.29, 1.82) is 0 Å². The van der Waals surface area contributed by atoms with Crippen molar-refractivity contribution in [2.75, 3.05) is 5.32 Å². The minimum absolute atomic E-state index is 0.0659. The number of nitrogens with zero attached hydrogens (tertiary/aromatic N) is 1. The summed E-state index contributed by atoms with van der Waals surface area (Å²) in [5.41, 5.74) is 3.24. The molecule has 0 spiro atoms. The maximum atomic E-state index is 13.6. The number of allylic oxidation sites excluding steroid dienone is 3. The van der Waals surface area contributed by atoms with Gasteiger partial charge in [0.25, 0.3) is 5.91 Å². The monoisotopic (exact) mass is 419 g/mol. The fraction of sp³-hybridized carbons (Fsp3) is 0.320. The van der Waals surface area contributed by atoms with Gasteiger partial charge in [-0.05, 0) is 48.6 Å². The first-order valence-corrected chi connectivity index (χ1v) is 10.4. The van der Waals surface area contributed by atoms with Crippen molar-refractivity contribution in [2.24, 2.45) is 11.3 Å². The molecule has 2 aromatic rings. The third kappa shape index (κ3) is 4.02. The van der Waals surface area contributed by atoms with Gasteiger partial charge in [0.1, 0.15) is 17.4 Å². The number of halogens is 1. The minimum atomic E-state index is -0.521. The minimum Gasteiger partial charge on any atom is -0.362 e. The van der Waals surface area contributed by atoms with Crippen LogP contribution in [0.5, 0.6) is 0 Å². The number of nitrogens with one attached hydrogen (secondary N) is 2. The topological polar surface area (TPSA) is 71.1 Å². The summed E-state index contributed by atoms with van der Waals surface area (Å²) in [5.74, 6) is -1.18. The van der Waals surface area contributed by atoms with Crippen LogP contribution in [0.4, 0.5) is 10.2 Å². The van der Waals surface area contributed by atoms with E-state index in [0.717, 1.165) is 16.8 Å². The van der Waals surface area contributed by atoms with Crippen LogP contribution in [-0.4, -0.2) is 16.7 Å². The van der Waals surface area contributed by atoms with Gasteiger partial charge >= 0.3 is 0 Å². The van der Waals surface area contributed by atoms with Crippen LogP contribution in [0.1, 0.15) is 44.2 Å². The van der Waals surface area contributed by atoms with E-state index in [-0.39, 0.29) is 22.9 Å². The molecule has 160 valence electrons. The highest BCUT2D eigenvalue weighted by molar-refractivity contribution is 6.06. The summed E-state index contributed by atoms with van der Waals surface area (Å²) in [6, 6.07) is 9.72. The third-order valence-corrected chi connectivity index (χ3v) is 5.95. The van der Waals surface area contributed by atoms with E-state index in [1.807, 2.05) is 33.8 Å². The van der Waals surface area contributed by atoms with E-state index in [9.17, 15) is 14.0 Å². The molecule has 0 saturated heterocycles. The number of aromatic nitrogens is 1. The lowest BCUT2D eigenvalue weighted by atomic mass is 9.66. The number of carbonyl (C=O) groups is 2. The van der Waals surface area contributed by atoms with Crippen molar-refractivity contribution in [3.05, 3.63) is 82.6 Å². The van der Waals surface area contributed by atoms with Gasteiger partial charge in [0.05, 0.1) is 5.92 Å². The molecule has 2 atom stereocenters. The van der Waals surface area contributed by atoms with Crippen molar-refractivity contribution >= 4 is 17.5 Å². The second-order valence-corrected chi connectivity index (χ2v) is 9.02. The van der Waals surface area contributed by atoms with E-state index in [0.29, 0.717) is 23.5 Å². The van der Waals surface area contributed by atoms with Crippen molar-refractivity contribution in [3.63, 3.8) is 0 Å². The van der Waals surface area contributed by atoms with Crippen LogP contribution in [-0.2, 0) is 9.59 Å². The number of benzene rings is 1. The van der Waals surface area contributed by atoms with E-state index in [4.69, 9.17) is 0 Å². The highest BCUT2D eigenvalue weighted by Gasteiger charge is 2.45. The van der Waals surface area contributed by atoms with Crippen molar-refractivity contribution in [3.8, 4) is 0 Å². The van der Waals surface area contributed by atoms with Crippen LogP contribution >= 0.6 is 0 Å². The molecule has 4 rings (SSSR count). The average molecular weight is 420 g/mol. The van der Waals surface area contributed by atoms with Gasteiger partial charge in [-0.25, -0.2) is 9.37 Å². The first-order chi connectivity index (χ1) is 14.7. The molecule has 2 N–H and O–H groups in total. The zero-order valence-electron chi connectivity index (χ0n) is 18.1. The Morgan fingerprint density at radius 2 is 1.87 bits per heavy atom. The molecular weight excluding hydrogens is 393 g/mol. The predicted octanol–water partition coefficient (Wildman–Crippen LogP) is 4.63. The number of amides is 1. The molecule has 1 aromatic heterocycles. The fourth-order valence-corrected chi connectivity index (χ4v) is 4.59. The standard InChI is InChI=1S/C25H26FN3O2/c1-14-6-5-11-27-23(14)29-24(31)20-15(2)28-18-12-25(3,4)13-19(30)22(18)21(20)16-7-9-17(26)10-8-16/h5-12,21-22,28H,13H2,1-4H3,(H,27,29,31). The number of ketones is 1. The summed E-state index contributed by atoms with van der Waals surface area (Å²) in [6.45, 7) is 7.75. The number of carbonyl (C=O) groups excluding carboxylic acids is 2. The first-order valence-electron chi connectivity index (χ1n) is 10.4. The molecule has 0 radical (unpaired) electrons. The van der Waals surface area contributed by atoms with Gasteiger partial charge in [-0.1, -0.05) is 38.1 Å². The molecule has 6 heteroatoms. The lowest BCUT2D eigenvalue weighted by molar-refractivity contribution is -0.124. The molecule has 2 aliphatic rings. The number of hydrogen-bond donors (Lipinski definition) is 2. The Kier molecular flexibility index (Phi) is 5.25. The third-order valence-electron chi connectivity index (χ3n) is 5.95. The normalized spacial score (nSPS) is 22.4. The highest BCUT2D eigenvalue weighted by Crippen LogP contribution is 2.46. The van der Waals surface area contributed by atoms with Crippen LogP contribution in [0.3, 0.4) is 0 Å². The Balaban J connectivity index is 1.83. The van der Waals surface area contributed by atoms with E-state index >= 15 is 0 Å². The van der Waals surface area contributed by atoms with Gasteiger partial charge in [0.15, 0.2) is 0 Å². The Hall–Kier alpha value is -3.28. The summed E-state index contributed by atoms with van der Waals surface area (Å²) >= 11 is 0. The molecule has 0 saturated carbocycles. The number of pyridine rings is 1. The lowest BCUT2D eigenvalue weighted by Gasteiger charge is -2.41. The molecule has 1 aliphatic heterocycles. The smallest absolute Gasteiger partial charge is 0.255 e. The summed E-state index contributed by atoms with van der Waals surface area (Å²) in [6.07, 6.45) is 4.08.